The summed E-state index contributed by atoms with van der Waals surface area (Å²) in [5, 5.41) is 5.40. The zero-order valence-electron chi connectivity index (χ0n) is 13.5. The van der Waals surface area contributed by atoms with Crippen LogP contribution in [0.4, 0.5) is 5.69 Å². The first-order valence-corrected chi connectivity index (χ1v) is 8.88. The van der Waals surface area contributed by atoms with Crippen LogP contribution in [0.5, 0.6) is 0 Å². The fourth-order valence-corrected chi connectivity index (χ4v) is 3.79. The average molecular weight is 340 g/mol. The van der Waals surface area contributed by atoms with Gasteiger partial charge in [-0.3, -0.25) is 9.59 Å². The fraction of sp³-hybridized carbons (Fsp3) is 0.263. The molecule has 1 unspecified atom stereocenters. The molecule has 1 aliphatic heterocycles. The maximum absolute atomic E-state index is 12.1. The highest BCUT2D eigenvalue weighted by atomic mass is 32.2. The van der Waals surface area contributed by atoms with E-state index >= 15 is 0 Å². The van der Waals surface area contributed by atoms with Gasteiger partial charge in [0.1, 0.15) is 0 Å². The van der Waals surface area contributed by atoms with Crippen LogP contribution in [0.3, 0.4) is 0 Å². The van der Waals surface area contributed by atoms with Gasteiger partial charge in [-0.25, -0.2) is 0 Å². The Kier molecular flexibility index (Phi) is 5.20. The number of nitrogens with one attached hydrogen (secondary N) is 2. The summed E-state index contributed by atoms with van der Waals surface area (Å²) >= 11 is 1.45. The highest BCUT2D eigenvalue weighted by Gasteiger charge is 2.28. The first kappa shape index (κ1) is 16.6. The van der Waals surface area contributed by atoms with E-state index in [1.54, 1.807) is 0 Å². The highest BCUT2D eigenvalue weighted by molar-refractivity contribution is 8.01. The largest absolute Gasteiger partial charge is 0.356 e. The lowest BCUT2D eigenvalue weighted by molar-refractivity contribution is -0.124. The molecule has 1 atom stereocenters. The van der Waals surface area contributed by atoms with Gasteiger partial charge in [-0.1, -0.05) is 42.0 Å². The van der Waals surface area contributed by atoms with E-state index in [-0.39, 0.29) is 23.5 Å². The van der Waals surface area contributed by atoms with Crippen LogP contribution in [0.15, 0.2) is 53.4 Å². The van der Waals surface area contributed by atoms with E-state index in [1.807, 2.05) is 30.3 Å². The van der Waals surface area contributed by atoms with Crippen LogP contribution in [0, 0.1) is 6.92 Å². The number of para-hydroxylation sites is 1. The maximum Gasteiger partial charge on any atom is 0.238 e. The molecule has 0 fully saturated rings. The fourth-order valence-electron chi connectivity index (χ4n) is 2.68. The topological polar surface area (TPSA) is 58.2 Å². The van der Waals surface area contributed by atoms with Crippen molar-refractivity contribution < 1.29 is 9.59 Å². The van der Waals surface area contributed by atoms with Gasteiger partial charge in [0.25, 0.3) is 0 Å². The Morgan fingerprint density at radius 2 is 2.04 bits per heavy atom. The molecule has 3 rings (SSSR count). The standard InChI is InChI=1S/C19H20N2O2S/c1-13-5-4-6-14(11-13)9-10-20-18(22)12-17-19(23)21-15-7-2-3-8-16(15)24-17/h2-8,11,17H,9-10,12H2,1H3,(H,20,22)(H,21,23). The normalized spacial score (nSPS) is 16.2. The van der Waals surface area contributed by atoms with Crippen molar-refractivity contribution in [3.05, 3.63) is 59.7 Å². The molecule has 2 amide bonds. The number of aryl methyl sites for hydroxylation is 1. The van der Waals surface area contributed by atoms with Gasteiger partial charge in [0, 0.05) is 17.9 Å². The molecule has 1 aliphatic rings. The van der Waals surface area contributed by atoms with Crippen molar-refractivity contribution in [2.24, 2.45) is 0 Å². The number of rotatable bonds is 5. The lowest BCUT2D eigenvalue weighted by Crippen LogP contribution is -2.35. The van der Waals surface area contributed by atoms with Crippen LogP contribution < -0.4 is 10.6 Å². The van der Waals surface area contributed by atoms with Gasteiger partial charge in [0.05, 0.1) is 10.9 Å². The van der Waals surface area contributed by atoms with Crippen LogP contribution in [-0.4, -0.2) is 23.6 Å². The van der Waals surface area contributed by atoms with Crippen molar-refractivity contribution in [1.29, 1.82) is 0 Å². The molecule has 4 nitrogen and oxygen atoms in total. The van der Waals surface area contributed by atoms with E-state index in [0.717, 1.165) is 17.0 Å². The van der Waals surface area contributed by atoms with Crippen molar-refractivity contribution in [2.75, 3.05) is 11.9 Å². The van der Waals surface area contributed by atoms with E-state index in [9.17, 15) is 9.59 Å². The molecule has 0 aliphatic carbocycles. The molecule has 0 saturated heterocycles. The van der Waals surface area contributed by atoms with Gasteiger partial charge < -0.3 is 10.6 Å². The van der Waals surface area contributed by atoms with Gasteiger partial charge in [0.15, 0.2) is 0 Å². The van der Waals surface area contributed by atoms with E-state index in [1.165, 1.54) is 22.9 Å². The van der Waals surface area contributed by atoms with Gasteiger partial charge in [-0.15, -0.1) is 11.8 Å². The first-order valence-electron chi connectivity index (χ1n) is 8.00. The summed E-state index contributed by atoms with van der Waals surface area (Å²) in [6, 6.07) is 15.9. The van der Waals surface area contributed by atoms with Gasteiger partial charge in [-0.05, 0) is 31.0 Å². The van der Waals surface area contributed by atoms with E-state index < -0.39 is 0 Å². The molecule has 2 aromatic carbocycles. The summed E-state index contributed by atoms with van der Waals surface area (Å²) in [7, 11) is 0. The van der Waals surface area contributed by atoms with Crippen LogP contribution in [0.1, 0.15) is 17.5 Å². The van der Waals surface area contributed by atoms with Crippen LogP contribution >= 0.6 is 11.8 Å². The zero-order valence-corrected chi connectivity index (χ0v) is 14.4. The van der Waals surface area contributed by atoms with Crippen molar-refractivity contribution in [1.82, 2.24) is 5.32 Å². The zero-order chi connectivity index (χ0) is 16.9. The Morgan fingerprint density at radius 3 is 2.88 bits per heavy atom. The minimum atomic E-state index is -0.376. The van der Waals surface area contributed by atoms with Crippen LogP contribution in [-0.2, 0) is 16.0 Å². The molecule has 124 valence electrons. The molecule has 24 heavy (non-hydrogen) atoms. The quantitative estimate of drug-likeness (QED) is 0.879. The third-order valence-electron chi connectivity index (χ3n) is 3.90. The summed E-state index contributed by atoms with van der Waals surface area (Å²) in [5.74, 6) is -0.192. The summed E-state index contributed by atoms with van der Waals surface area (Å²) in [6.45, 7) is 2.64. The maximum atomic E-state index is 12.1. The molecule has 0 saturated carbocycles. The van der Waals surface area contributed by atoms with E-state index in [0.29, 0.717) is 6.54 Å². The number of fused-ring (bicyclic) bond motifs is 1. The molecule has 2 N–H and O–H groups in total. The summed E-state index contributed by atoms with van der Waals surface area (Å²) in [5.41, 5.74) is 3.24. The molecule has 0 aromatic heterocycles. The number of amides is 2. The second-order valence-electron chi connectivity index (χ2n) is 5.89. The highest BCUT2D eigenvalue weighted by Crippen LogP contribution is 2.36. The molecule has 0 spiro atoms. The number of carbonyl (C=O) groups excluding carboxylic acids is 2. The summed E-state index contributed by atoms with van der Waals surface area (Å²) in [6.07, 6.45) is 0.985. The van der Waals surface area contributed by atoms with Crippen molar-refractivity contribution >= 4 is 29.3 Å². The predicted octanol–water partition coefficient (Wildman–Crippen LogP) is 3.16. The summed E-state index contributed by atoms with van der Waals surface area (Å²) < 4.78 is 0. The number of benzene rings is 2. The molecular formula is C19H20N2O2S. The molecule has 2 aromatic rings. The Hall–Kier alpha value is -2.27. The molecule has 0 radical (unpaired) electrons. The van der Waals surface area contributed by atoms with Crippen molar-refractivity contribution in [3.63, 3.8) is 0 Å². The third-order valence-corrected chi connectivity index (χ3v) is 5.17. The Bertz CT molecular complexity index is 761. The first-order chi connectivity index (χ1) is 11.6. The number of carbonyl (C=O) groups is 2. The monoisotopic (exact) mass is 340 g/mol. The molecular weight excluding hydrogens is 320 g/mol. The molecule has 1 heterocycles. The van der Waals surface area contributed by atoms with Crippen molar-refractivity contribution in [3.8, 4) is 0 Å². The minimum absolute atomic E-state index is 0.0883. The van der Waals surface area contributed by atoms with Gasteiger partial charge in [0.2, 0.25) is 11.8 Å². The Morgan fingerprint density at radius 1 is 1.21 bits per heavy atom. The summed E-state index contributed by atoms with van der Waals surface area (Å²) in [4.78, 5) is 25.2. The third kappa shape index (κ3) is 4.17. The second-order valence-corrected chi connectivity index (χ2v) is 7.13. The Balaban J connectivity index is 1.49. The van der Waals surface area contributed by atoms with Gasteiger partial charge >= 0.3 is 0 Å². The van der Waals surface area contributed by atoms with Crippen molar-refractivity contribution in [2.45, 2.75) is 29.9 Å². The number of hydrogen-bond donors (Lipinski definition) is 2. The van der Waals surface area contributed by atoms with E-state index in [2.05, 4.69) is 35.8 Å². The Labute approximate surface area is 146 Å². The number of anilines is 1. The average Bonchev–Trinajstić information content (AvgIpc) is 2.55. The molecule has 5 heteroatoms. The van der Waals surface area contributed by atoms with Crippen LogP contribution in [0.25, 0.3) is 0 Å². The molecule has 0 bridgehead atoms. The number of hydrogen-bond acceptors (Lipinski definition) is 3. The van der Waals surface area contributed by atoms with E-state index in [4.69, 9.17) is 0 Å². The van der Waals surface area contributed by atoms with Gasteiger partial charge in [-0.2, -0.15) is 0 Å². The SMILES string of the molecule is Cc1cccc(CCNC(=O)CC2Sc3ccccc3NC2=O)c1. The predicted molar refractivity (Wildman–Crippen MR) is 97.2 cm³/mol. The van der Waals surface area contributed by atoms with Crippen LogP contribution in [0.2, 0.25) is 0 Å². The second kappa shape index (κ2) is 7.53. The lowest BCUT2D eigenvalue weighted by atomic mass is 10.1. The smallest absolute Gasteiger partial charge is 0.238 e. The lowest BCUT2D eigenvalue weighted by Gasteiger charge is -2.23. The number of thioether (sulfide) groups is 1. The minimum Gasteiger partial charge on any atom is -0.356 e.